The summed E-state index contributed by atoms with van der Waals surface area (Å²) in [4.78, 5) is 9.48. The minimum absolute atomic E-state index is 0.497. The van der Waals surface area contributed by atoms with Gasteiger partial charge in [-0.25, -0.2) is 9.97 Å². The molecule has 1 aromatic heterocycles. The normalized spacial score (nSPS) is 17.7. The van der Waals surface area contributed by atoms with Crippen molar-refractivity contribution in [2.24, 2.45) is 0 Å². The first-order chi connectivity index (χ1) is 9.15. The summed E-state index contributed by atoms with van der Waals surface area (Å²) in [6.45, 7) is 7.27. The highest BCUT2D eigenvalue weighted by Crippen LogP contribution is 2.29. The monoisotopic (exact) mass is 261 g/mol. The van der Waals surface area contributed by atoms with Gasteiger partial charge in [0.05, 0.1) is 5.69 Å². The second kappa shape index (κ2) is 6.99. The van der Waals surface area contributed by atoms with Crippen LogP contribution in [0, 0.1) is 6.92 Å². The van der Waals surface area contributed by atoms with Crippen LogP contribution in [0.25, 0.3) is 0 Å². The van der Waals surface area contributed by atoms with Gasteiger partial charge in [-0.15, -0.1) is 0 Å². The van der Waals surface area contributed by atoms with E-state index in [4.69, 9.17) is 4.98 Å². The van der Waals surface area contributed by atoms with Gasteiger partial charge in [0.2, 0.25) is 0 Å². The fraction of sp³-hybridized carbons (Fsp3) is 0.750. The third-order valence-electron chi connectivity index (χ3n) is 3.84. The van der Waals surface area contributed by atoms with E-state index in [0.29, 0.717) is 12.0 Å². The number of nitrogens with zero attached hydrogens (tertiary/aromatic N) is 2. The molecule has 1 N–H and O–H groups in total. The van der Waals surface area contributed by atoms with Gasteiger partial charge in [-0.2, -0.15) is 0 Å². The van der Waals surface area contributed by atoms with E-state index < -0.39 is 0 Å². The number of hydrogen-bond acceptors (Lipinski definition) is 3. The van der Waals surface area contributed by atoms with Crippen molar-refractivity contribution in [3.05, 3.63) is 23.3 Å². The molecule has 0 saturated heterocycles. The van der Waals surface area contributed by atoms with E-state index in [9.17, 15) is 0 Å². The van der Waals surface area contributed by atoms with Gasteiger partial charge in [0, 0.05) is 24.2 Å². The molecule has 1 aliphatic carbocycles. The van der Waals surface area contributed by atoms with Gasteiger partial charge in [0.15, 0.2) is 0 Å². The van der Waals surface area contributed by atoms with Crippen LogP contribution in [0.15, 0.2) is 6.07 Å². The summed E-state index contributed by atoms with van der Waals surface area (Å²) < 4.78 is 0. The molecule has 0 atom stereocenters. The average Bonchev–Trinajstić information content (AvgIpc) is 2.64. The van der Waals surface area contributed by atoms with E-state index in [1.54, 1.807) is 0 Å². The number of aromatic nitrogens is 2. The van der Waals surface area contributed by atoms with Gasteiger partial charge >= 0.3 is 0 Å². The zero-order valence-corrected chi connectivity index (χ0v) is 12.6. The summed E-state index contributed by atoms with van der Waals surface area (Å²) in [5.41, 5.74) is 2.25. The third kappa shape index (κ3) is 4.57. The summed E-state index contributed by atoms with van der Waals surface area (Å²) in [6.07, 6.45) is 7.96. The van der Waals surface area contributed by atoms with E-state index in [0.717, 1.165) is 23.8 Å². The minimum atomic E-state index is 0.497. The van der Waals surface area contributed by atoms with Crippen molar-refractivity contribution in [2.75, 3.05) is 0 Å². The largest absolute Gasteiger partial charge is 0.309 e. The summed E-state index contributed by atoms with van der Waals surface area (Å²) in [5, 5.41) is 3.44. The van der Waals surface area contributed by atoms with Crippen molar-refractivity contribution in [3.8, 4) is 0 Å². The van der Waals surface area contributed by atoms with Crippen LogP contribution in [0.4, 0.5) is 0 Å². The van der Waals surface area contributed by atoms with Crippen molar-refractivity contribution < 1.29 is 0 Å². The third-order valence-corrected chi connectivity index (χ3v) is 3.84. The fourth-order valence-electron chi connectivity index (χ4n) is 2.78. The lowest BCUT2D eigenvalue weighted by molar-refractivity contribution is 0.543. The standard InChI is InChI=1S/C16H27N3/c1-12(2)17-11-15-10-13(3)18-16(19-15)14-8-6-4-5-7-9-14/h10,12,14,17H,4-9,11H2,1-3H3. The van der Waals surface area contributed by atoms with Crippen LogP contribution < -0.4 is 5.32 Å². The van der Waals surface area contributed by atoms with E-state index in [1.165, 1.54) is 38.5 Å². The number of rotatable bonds is 4. The summed E-state index contributed by atoms with van der Waals surface area (Å²) >= 11 is 0. The molecule has 106 valence electrons. The van der Waals surface area contributed by atoms with Crippen LogP contribution in [0.1, 0.15) is 75.5 Å². The average molecular weight is 261 g/mol. The Morgan fingerprint density at radius 3 is 2.47 bits per heavy atom. The molecular formula is C16H27N3. The first-order valence-corrected chi connectivity index (χ1v) is 7.73. The second-order valence-electron chi connectivity index (χ2n) is 6.08. The zero-order chi connectivity index (χ0) is 13.7. The summed E-state index contributed by atoms with van der Waals surface area (Å²) in [5.74, 6) is 1.67. The molecular weight excluding hydrogens is 234 g/mol. The Labute approximate surface area is 117 Å². The molecule has 1 fully saturated rings. The fourth-order valence-corrected chi connectivity index (χ4v) is 2.78. The Kier molecular flexibility index (Phi) is 5.32. The maximum atomic E-state index is 4.80. The number of aryl methyl sites for hydroxylation is 1. The molecule has 3 heteroatoms. The Hall–Kier alpha value is -0.960. The van der Waals surface area contributed by atoms with Crippen molar-refractivity contribution in [1.82, 2.24) is 15.3 Å². The molecule has 1 aromatic rings. The smallest absolute Gasteiger partial charge is 0.131 e. The minimum Gasteiger partial charge on any atom is -0.309 e. The van der Waals surface area contributed by atoms with Gasteiger partial charge in [0.1, 0.15) is 5.82 Å². The van der Waals surface area contributed by atoms with Gasteiger partial charge in [0.25, 0.3) is 0 Å². The van der Waals surface area contributed by atoms with Crippen LogP contribution in [-0.2, 0) is 6.54 Å². The lowest BCUT2D eigenvalue weighted by atomic mass is 9.99. The first-order valence-electron chi connectivity index (χ1n) is 7.73. The highest BCUT2D eigenvalue weighted by atomic mass is 15.0. The predicted molar refractivity (Wildman–Crippen MR) is 79.2 cm³/mol. The predicted octanol–water partition coefficient (Wildman–Crippen LogP) is 3.72. The molecule has 0 spiro atoms. The maximum Gasteiger partial charge on any atom is 0.131 e. The lowest BCUT2D eigenvalue weighted by Crippen LogP contribution is -2.23. The second-order valence-corrected chi connectivity index (χ2v) is 6.08. The molecule has 2 rings (SSSR count). The topological polar surface area (TPSA) is 37.8 Å². The molecule has 1 heterocycles. The molecule has 1 aliphatic rings. The van der Waals surface area contributed by atoms with Gasteiger partial charge in [-0.3, -0.25) is 0 Å². The van der Waals surface area contributed by atoms with Crippen LogP contribution in [-0.4, -0.2) is 16.0 Å². The molecule has 3 nitrogen and oxygen atoms in total. The highest BCUT2D eigenvalue weighted by molar-refractivity contribution is 5.12. The molecule has 0 unspecified atom stereocenters. The summed E-state index contributed by atoms with van der Waals surface area (Å²) in [7, 11) is 0. The van der Waals surface area contributed by atoms with Crippen molar-refractivity contribution in [3.63, 3.8) is 0 Å². The van der Waals surface area contributed by atoms with Gasteiger partial charge < -0.3 is 5.32 Å². The Balaban J connectivity index is 2.10. The number of nitrogens with one attached hydrogen (secondary N) is 1. The Bertz CT molecular complexity index is 393. The SMILES string of the molecule is Cc1cc(CNC(C)C)nc(C2CCCCCC2)n1. The molecule has 0 aromatic carbocycles. The molecule has 0 bridgehead atoms. The highest BCUT2D eigenvalue weighted by Gasteiger charge is 2.17. The van der Waals surface area contributed by atoms with Gasteiger partial charge in [-0.05, 0) is 25.8 Å². The van der Waals surface area contributed by atoms with E-state index >= 15 is 0 Å². The maximum absolute atomic E-state index is 4.80. The van der Waals surface area contributed by atoms with Crippen LogP contribution in [0.2, 0.25) is 0 Å². The van der Waals surface area contributed by atoms with E-state index in [1.807, 2.05) is 0 Å². The molecule has 19 heavy (non-hydrogen) atoms. The Morgan fingerprint density at radius 2 is 1.84 bits per heavy atom. The van der Waals surface area contributed by atoms with E-state index in [-0.39, 0.29) is 0 Å². The summed E-state index contributed by atoms with van der Waals surface area (Å²) in [6, 6.07) is 2.60. The lowest BCUT2D eigenvalue weighted by Gasteiger charge is -2.15. The zero-order valence-electron chi connectivity index (χ0n) is 12.6. The Morgan fingerprint density at radius 1 is 1.16 bits per heavy atom. The molecule has 1 saturated carbocycles. The van der Waals surface area contributed by atoms with Crippen molar-refractivity contribution >= 4 is 0 Å². The quantitative estimate of drug-likeness (QED) is 0.839. The van der Waals surface area contributed by atoms with Crippen molar-refractivity contribution in [1.29, 1.82) is 0 Å². The van der Waals surface area contributed by atoms with Crippen LogP contribution in [0.5, 0.6) is 0 Å². The van der Waals surface area contributed by atoms with Gasteiger partial charge in [-0.1, -0.05) is 39.5 Å². The number of hydrogen-bond donors (Lipinski definition) is 1. The van der Waals surface area contributed by atoms with Crippen LogP contribution >= 0.6 is 0 Å². The molecule has 0 aliphatic heterocycles. The van der Waals surface area contributed by atoms with E-state index in [2.05, 4.69) is 37.1 Å². The van der Waals surface area contributed by atoms with Crippen molar-refractivity contribution in [2.45, 2.75) is 77.8 Å². The van der Waals surface area contributed by atoms with Crippen LogP contribution in [0.3, 0.4) is 0 Å². The first kappa shape index (κ1) is 14.4. The molecule has 0 amide bonds. The molecule has 0 radical (unpaired) electrons.